The van der Waals surface area contributed by atoms with Crippen molar-refractivity contribution >= 4 is 11.9 Å². The Balaban J connectivity index is 3.33. The average molecular weight is 345 g/mol. The molecule has 0 fully saturated rings. The Labute approximate surface area is 136 Å². The lowest BCUT2D eigenvalue weighted by Gasteiger charge is -2.21. The molecule has 0 radical (unpaired) electrons. The first-order chi connectivity index (χ1) is 11.3. The molecule has 1 atom stereocenters. The Morgan fingerprint density at radius 2 is 1.67 bits per heavy atom. The van der Waals surface area contributed by atoms with Crippen molar-refractivity contribution in [1.29, 1.82) is 0 Å². The Bertz CT molecular complexity index is 604. The molecule has 0 saturated carbocycles. The first-order valence-corrected chi connectivity index (χ1v) is 7.21. The Morgan fingerprint density at radius 3 is 2.08 bits per heavy atom. The van der Waals surface area contributed by atoms with Gasteiger partial charge < -0.3 is 9.47 Å². The monoisotopic (exact) mass is 345 g/mol. The van der Waals surface area contributed by atoms with E-state index in [-0.39, 0.29) is 18.8 Å². The summed E-state index contributed by atoms with van der Waals surface area (Å²) in [6.45, 7) is 2.03. The molecule has 0 heterocycles. The number of hydrogen-bond acceptors (Lipinski definition) is 6. The predicted octanol–water partition coefficient (Wildman–Crippen LogP) is 2.07. The number of nitro groups is 1. The number of halogens is 2. The smallest absolute Gasteiger partial charge is 0.321 e. The molecule has 7 nitrogen and oxygen atoms in total. The van der Waals surface area contributed by atoms with Crippen molar-refractivity contribution in [3.8, 4) is 0 Å². The topological polar surface area (TPSA) is 95.7 Å². The quantitative estimate of drug-likeness (QED) is 0.310. The SMILES string of the molecule is CCOC(=O)C(C(=O)OCC)[C@H](C[N+](=O)[O-])c1ccc(F)c(F)c1. The summed E-state index contributed by atoms with van der Waals surface area (Å²) in [7, 11) is 0. The minimum absolute atomic E-state index is 0.0578. The Morgan fingerprint density at radius 1 is 1.12 bits per heavy atom. The fourth-order valence-electron chi connectivity index (χ4n) is 2.20. The third-order valence-corrected chi connectivity index (χ3v) is 3.20. The van der Waals surface area contributed by atoms with Gasteiger partial charge in [0.2, 0.25) is 6.54 Å². The number of rotatable bonds is 8. The van der Waals surface area contributed by atoms with E-state index in [0.717, 1.165) is 18.2 Å². The molecule has 0 aromatic heterocycles. The number of ether oxygens (including phenoxy) is 2. The minimum atomic E-state index is -1.65. The van der Waals surface area contributed by atoms with Gasteiger partial charge >= 0.3 is 11.9 Å². The van der Waals surface area contributed by atoms with E-state index >= 15 is 0 Å². The van der Waals surface area contributed by atoms with Gasteiger partial charge in [0.25, 0.3) is 0 Å². The molecule has 24 heavy (non-hydrogen) atoms. The maximum absolute atomic E-state index is 13.5. The van der Waals surface area contributed by atoms with E-state index in [2.05, 4.69) is 0 Å². The molecule has 132 valence electrons. The van der Waals surface area contributed by atoms with Crippen LogP contribution in [0.3, 0.4) is 0 Å². The van der Waals surface area contributed by atoms with E-state index in [1.54, 1.807) is 0 Å². The van der Waals surface area contributed by atoms with Crippen LogP contribution in [0.4, 0.5) is 8.78 Å². The second-order valence-electron chi connectivity index (χ2n) is 4.78. The van der Waals surface area contributed by atoms with Crippen LogP contribution in [0.1, 0.15) is 25.3 Å². The van der Waals surface area contributed by atoms with Gasteiger partial charge in [-0.25, -0.2) is 8.78 Å². The van der Waals surface area contributed by atoms with Crippen LogP contribution in [-0.2, 0) is 19.1 Å². The second-order valence-corrected chi connectivity index (χ2v) is 4.78. The van der Waals surface area contributed by atoms with Gasteiger partial charge in [0.05, 0.1) is 19.1 Å². The third-order valence-electron chi connectivity index (χ3n) is 3.20. The first-order valence-electron chi connectivity index (χ1n) is 7.21. The molecule has 1 aromatic carbocycles. The van der Waals surface area contributed by atoms with E-state index in [0.29, 0.717) is 0 Å². The van der Waals surface area contributed by atoms with Crippen molar-refractivity contribution in [2.45, 2.75) is 19.8 Å². The standard InChI is InChI=1S/C15H17F2NO6/c1-3-23-14(19)13(15(20)24-4-2)10(8-18(21)22)9-5-6-11(16)12(17)7-9/h5-7,10,13H,3-4,8H2,1-2H3/t10-/m1/s1. The highest BCUT2D eigenvalue weighted by atomic mass is 19.2. The summed E-state index contributed by atoms with van der Waals surface area (Å²) < 4.78 is 36.1. The van der Waals surface area contributed by atoms with Crippen molar-refractivity contribution in [3.63, 3.8) is 0 Å². The Kier molecular flexibility index (Phi) is 7.22. The molecule has 0 aliphatic rings. The van der Waals surface area contributed by atoms with Gasteiger partial charge in [-0.1, -0.05) is 6.07 Å². The number of esters is 2. The van der Waals surface area contributed by atoms with Crippen molar-refractivity contribution in [1.82, 2.24) is 0 Å². The van der Waals surface area contributed by atoms with Gasteiger partial charge in [-0.15, -0.1) is 0 Å². The summed E-state index contributed by atoms with van der Waals surface area (Å²) in [6, 6.07) is 2.57. The molecule has 0 aliphatic heterocycles. The molecule has 0 spiro atoms. The van der Waals surface area contributed by atoms with Crippen molar-refractivity contribution in [2.75, 3.05) is 19.8 Å². The van der Waals surface area contributed by atoms with Gasteiger partial charge in [0.15, 0.2) is 17.6 Å². The number of benzene rings is 1. The molecule has 0 saturated heterocycles. The van der Waals surface area contributed by atoms with Crippen LogP contribution < -0.4 is 0 Å². The second kappa shape index (κ2) is 8.90. The summed E-state index contributed by atoms with van der Waals surface area (Å²) in [5.41, 5.74) is -0.0725. The summed E-state index contributed by atoms with van der Waals surface area (Å²) in [5, 5.41) is 10.9. The average Bonchev–Trinajstić information content (AvgIpc) is 2.49. The zero-order chi connectivity index (χ0) is 18.3. The number of hydrogen-bond donors (Lipinski definition) is 0. The zero-order valence-corrected chi connectivity index (χ0v) is 13.2. The lowest BCUT2D eigenvalue weighted by molar-refractivity contribution is -0.484. The van der Waals surface area contributed by atoms with Gasteiger partial charge in [-0.05, 0) is 31.5 Å². The number of carbonyl (C=O) groups is 2. The minimum Gasteiger partial charge on any atom is -0.465 e. The third kappa shape index (κ3) is 4.97. The van der Waals surface area contributed by atoms with Crippen LogP contribution in [0, 0.1) is 27.7 Å². The molecule has 1 aromatic rings. The highest BCUT2D eigenvalue weighted by Crippen LogP contribution is 2.29. The summed E-state index contributed by atoms with van der Waals surface area (Å²) in [6.07, 6.45) is 0. The maximum Gasteiger partial charge on any atom is 0.321 e. The molecule has 0 amide bonds. The maximum atomic E-state index is 13.5. The molecular formula is C15H17F2NO6. The largest absolute Gasteiger partial charge is 0.465 e. The molecule has 1 rings (SSSR count). The molecule has 9 heteroatoms. The highest BCUT2D eigenvalue weighted by Gasteiger charge is 2.41. The Hall–Kier alpha value is -2.58. The van der Waals surface area contributed by atoms with Crippen molar-refractivity contribution < 1.29 is 32.8 Å². The highest BCUT2D eigenvalue weighted by molar-refractivity contribution is 5.96. The van der Waals surface area contributed by atoms with Crippen LogP contribution in [0.5, 0.6) is 0 Å². The molecule has 0 aliphatic carbocycles. The van der Waals surface area contributed by atoms with Crippen LogP contribution in [0.2, 0.25) is 0 Å². The molecule has 0 bridgehead atoms. The lowest BCUT2D eigenvalue weighted by Crippen LogP contribution is -2.36. The van der Waals surface area contributed by atoms with Crippen molar-refractivity contribution in [3.05, 3.63) is 45.5 Å². The number of carbonyl (C=O) groups excluding carboxylic acids is 2. The van der Waals surface area contributed by atoms with E-state index in [1.165, 1.54) is 13.8 Å². The van der Waals surface area contributed by atoms with Crippen LogP contribution >= 0.6 is 0 Å². The fourth-order valence-corrected chi connectivity index (χ4v) is 2.20. The van der Waals surface area contributed by atoms with Crippen LogP contribution in [0.25, 0.3) is 0 Å². The van der Waals surface area contributed by atoms with Gasteiger partial charge in [0, 0.05) is 4.92 Å². The van der Waals surface area contributed by atoms with Gasteiger partial charge in [-0.3, -0.25) is 19.7 Å². The van der Waals surface area contributed by atoms with E-state index in [1.807, 2.05) is 0 Å². The summed E-state index contributed by atoms with van der Waals surface area (Å²) in [5.74, 6) is -7.44. The van der Waals surface area contributed by atoms with E-state index in [4.69, 9.17) is 9.47 Å². The first kappa shape index (κ1) is 19.5. The van der Waals surface area contributed by atoms with E-state index < -0.39 is 46.9 Å². The normalized spacial score (nSPS) is 11.9. The van der Waals surface area contributed by atoms with Crippen LogP contribution in [0.15, 0.2) is 18.2 Å². The summed E-state index contributed by atoms with van der Waals surface area (Å²) in [4.78, 5) is 34.4. The van der Waals surface area contributed by atoms with Gasteiger partial charge in [0.1, 0.15) is 0 Å². The molecule has 0 N–H and O–H groups in total. The van der Waals surface area contributed by atoms with E-state index in [9.17, 15) is 28.5 Å². The number of nitrogens with zero attached hydrogens (tertiary/aromatic N) is 1. The molecular weight excluding hydrogens is 328 g/mol. The zero-order valence-electron chi connectivity index (χ0n) is 13.2. The van der Waals surface area contributed by atoms with Crippen LogP contribution in [-0.4, -0.2) is 36.6 Å². The fraction of sp³-hybridized carbons (Fsp3) is 0.467. The van der Waals surface area contributed by atoms with Crippen molar-refractivity contribution in [2.24, 2.45) is 5.92 Å². The van der Waals surface area contributed by atoms with Gasteiger partial charge in [-0.2, -0.15) is 0 Å². The predicted molar refractivity (Wildman–Crippen MR) is 77.7 cm³/mol. The lowest BCUT2D eigenvalue weighted by atomic mass is 9.85. The summed E-state index contributed by atoms with van der Waals surface area (Å²) >= 11 is 0. The molecule has 0 unspecified atom stereocenters.